The lowest BCUT2D eigenvalue weighted by molar-refractivity contribution is -0.156. The minimum atomic E-state index is -0.706. The van der Waals surface area contributed by atoms with Crippen molar-refractivity contribution in [2.75, 3.05) is 7.11 Å². The Kier molecular flexibility index (Phi) is 5.38. The molecule has 1 rings (SSSR count). The highest BCUT2D eigenvalue weighted by molar-refractivity contribution is 9.10. The maximum absolute atomic E-state index is 11.8. The number of benzene rings is 1. The van der Waals surface area contributed by atoms with E-state index in [0.717, 1.165) is 10.0 Å². The fraction of sp³-hybridized carbons (Fsp3) is 0.500. The molecular formula is C14H20BrNO3. The summed E-state index contributed by atoms with van der Waals surface area (Å²) in [4.78, 5) is 11.8. The highest BCUT2D eigenvalue weighted by atomic mass is 79.9. The second-order valence-corrected chi connectivity index (χ2v) is 6.22. The van der Waals surface area contributed by atoms with Gasteiger partial charge in [-0.2, -0.15) is 0 Å². The largest absolute Gasteiger partial charge is 0.496 e. The molecule has 1 aromatic carbocycles. The molecule has 0 heterocycles. The molecule has 5 heteroatoms. The number of hydrogen-bond donors (Lipinski definition) is 1. The number of carbonyl (C=O) groups is 1. The van der Waals surface area contributed by atoms with Gasteiger partial charge in [-0.05, 0) is 44.5 Å². The molecule has 1 aromatic rings. The van der Waals surface area contributed by atoms with Crippen molar-refractivity contribution in [3.8, 4) is 5.75 Å². The standard InChI is InChI=1S/C14H20BrNO3/c1-14(2,3)19-13(17)11(16)8-9-7-10(15)5-6-12(9)18-4/h5-7,11H,8,16H2,1-4H3. The van der Waals surface area contributed by atoms with Gasteiger partial charge in [0.05, 0.1) is 7.11 Å². The lowest BCUT2D eigenvalue weighted by atomic mass is 10.1. The van der Waals surface area contributed by atoms with Gasteiger partial charge in [0.2, 0.25) is 0 Å². The predicted octanol–water partition coefficient (Wildman–Crippen LogP) is 2.67. The zero-order valence-corrected chi connectivity index (χ0v) is 13.3. The van der Waals surface area contributed by atoms with Crippen molar-refractivity contribution in [2.24, 2.45) is 5.73 Å². The molecule has 4 nitrogen and oxygen atoms in total. The zero-order chi connectivity index (χ0) is 14.6. The Bertz CT molecular complexity index is 454. The van der Waals surface area contributed by atoms with Crippen LogP contribution in [-0.2, 0) is 16.0 Å². The van der Waals surface area contributed by atoms with Gasteiger partial charge in [-0.1, -0.05) is 15.9 Å². The monoisotopic (exact) mass is 329 g/mol. The Balaban J connectivity index is 2.79. The molecule has 0 fully saturated rings. The lowest BCUT2D eigenvalue weighted by Gasteiger charge is -2.22. The average Bonchev–Trinajstić information content (AvgIpc) is 2.27. The van der Waals surface area contributed by atoms with Crippen LogP contribution in [0.2, 0.25) is 0 Å². The van der Waals surface area contributed by atoms with Gasteiger partial charge < -0.3 is 15.2 Å². The van der Waals surface area contributed by atoms with Crippen LogP contribution < -0.4 is 10.5 Å². The molecule has 2 N–H and O–H groups in total. The van der Waals surface area contributed by atoms with Gasteiger partial charge in [0.15, 0.2) is 0 Å². The van der Waals surface area contributed by atoms with Gasteiger partial charge in [-0.3, -0.25) is 4.79 Å². The van der Waals surface area contributed by atoms with Crippen molar-refractivity contribution in [3.05, 3.63) is 28.2 Å². The van der Waals surface area contributed by atoms with E-state index in [9.17, 15) is 4.79 Å². The first-order valence-corrected chi connectivity index (χ1v) is 6.83. The Labute approximate surface area is 122 Å². The topological polar surface area (TPSA) is 61.5 Å². The van der Waals surface area contributed by atoms with Gasteiger partial charge in [-0.15, -0.1) is 0 Å². The van der Waals surface area contributed by atoms with Crippen molar-refractivity contribution in [2.45, 2.75) is 38.8 Å². The highest BCUT2D eigenvalue weighted by Crippen LogP contribution is 2.24. The summed E-state index contributed by atoms with van der Waals surface area (Å²) in [6.45, 7) is 5.45. The van der Waals surface area contributed by atoms with Crippen LogP contribution in [0.5, 0.6) is 5.75 Å². The molecule has 0 aliphatic carbocycles. The molecule has 0 saturated heterocycles. The smallest absolute Gasteiger partial charge is 0.323 e. The first kappa shape index (κ1) is 16.0. The van der Waals surface area contributed by atoms with E-state index in [2.05, 4.69) is 15.9 Å². The van der Waals surface area contributed by atoms with Crippen LogP contribution in [0.15, 0.2) is 22.7 Å². The summed E-state index contributed by atoms with van der Waals surface area (Å²) in [5, 5.41) is 0. The second kappa shape index (κ2) is 6.39. The van der Waals surface area contributed by atoms with E-state index < -0.39 is 17.6 Å². The van der Waals surface area contributed by atoms with Crippen molar-refractivity contribution >= 4 is 21.9 Å². The van der Waals surface area contributed by atoms with E-state index in [1.54, 1.807) is 7.11 Å². The van der Waals surface area contributed by atoms with Crippen LogP contribution in [0.3, 0.4) is 0 Å². The summed E-state index contributed by atoms with van der Waals surface area (Å²) < 4.78 is 11.4. The summed E-state index contributed by atoms with van der Waals surface area (Å²) in [6, 6.07) is 4.90. The van der Waals surface area contributed by atoms with Crippen molar-refractivity contribution in [1.82, 2.24) is 0 Å². The third kappa shape index (κ3) is 5.20. The van der Waals surface area contributed by atoms with E-state index in [4.69, 9.17) is 15.2 Å². The molecule has 0 saturated carbocycles. The van der Waals surface area contributed by atoms with Crippen molar-refractivity contribution < 1.29 is 14.3 Å². The first-order valence-electron chi connectivity index (χ1n) is 6.04. The van der Waals surface area contributed by atoms with Crippen LogP contribution in [0, 0.1) is 0 Å². The summed E-state index contributed by atoms with van der Waals surface area (Å²) in [5.74, 6) is 0.303. The number of halogens is 1. The molecule has 0 bridgehead atoms. The SMILES string of the molecule is COc1ccc(Br)cc1CC(N)C(=O)OC(C)(C)C. The van der Waals surface area contributed by atoms with Gasteiger partial charge in [0.1, 0.15) is 17.4 Å². The van der Waals surface area contributed by atoms with E-state index in [0.29, 0.717) is 12.2 Å². The highest BCUT2D eigenvalue weighted by Gasteiger charge is 2.23. The molecular weight excluding hydrogens is 310 g/mol. The minimum absolute atomic E-state index is 0.373. The maximum Gasteiger partial charge on any atom is 0.323 e. The molecule has 106 valence electrons. The fourth-order valence-electron chi connectivity index (χ4n) is 1.60. The number of rotatable bonds is 4. The zero-order valence-electron chi connectivity index (χ0n) is 11.7. The Hall–Kier alpha value is -1.07. The van der Waals surface area contributed by atoms with Gasteiger partial charge >= 0.3 is 5.97 Å². The minimum Gasteiger partial charge on any atom is -0.496 e. The molecule has 19 heavy (non-hydrogen) atoms. The predicted molar refractivity (Wildman–Crippen MR) is 78.2 cm³/mol. The van der Waals surface area contributed by atoms with E-state index in [1.165, 1.54) is 0 Å². The third-order valence-corrected chi connectivity index (χ3v) is 2.89. The molecule has 0 spiro atoms. The first-order chi connectivity index (χ1) is 8.73. The normalized spacial score (nSPS) is 12.9. The van der Waals surface area contributed by atoms with E-state index in [-0.39, 0.29) is 0 Å². The summed E-state index contributed by atoms with van der Waals surface area (Å²) in [5.41, 5.74) is 6.22. The van der Waals surface area contributed by atoms with Crippen LogP contribution in [0.25, 0.3) is 0 Å². The lowest BCUT2D eigenvalue weighted by Crippen LogP contribution is -2.38. The third-order valence-electron chi connectivity index (χ3n) is 2.39. The number of nitrogens with two attached hydrogens (primary N) is 1. The van der Waals surface area contributed by atoms with Crippen molar-refractivity contribution in [3.63, 3.8) is 0 Å². The van der Waals surface area contributed by atoms with Crippen LogP contribution in [0.4, 0.5) is 0 Å². The fourth-order valence-corrected chi connectivity index (χ4v) is 2.01. The van der Waals surface area contributed by atoms with Crippen molar-refractivity contribution in [1.29, 1.82) is 0 Å². The quantitative estimate of drug-likeness (QED) is 0.862. The number of esters is 1. The van der Waals surface area contributed by atoms with Crippen LogP contribution in [-0.4, -0.2) is 24.7 Å². The van der Waals surface area contributed by atoms with E-state index in [1.807, 2.05) is 39.0 Å². The van der Waals surface area contributed by atoms with E-state index >= 15 is 0 Å². The number of hydrogen-bond acceptors (Lipinski definition) is 4. The van der Waals surface area contributed by atoms with Crippen LogP contribution in [0.1, 0.15) is 26.3 Å². The number of ether oxygens (including phenoxy) is 2. The number of methoxy groups -OCH3 is 1. The maximum atomic E-state index is 11.8. The molecule has 0 radical (unpaired) electrons. The molecule has 0 aromatic heterocycles. The Morgan fingerprint density at radius 1 is 1.42 bits per heavy atom. The molecule has 0 aliphatic rings. The second-order valence-electron chi connectivity index (χ2n) is 5.30. The van der Waals surface area contributed by atoms with Gasteiger partial charge in [0.25, 0.3) is 0 Å². The van der Waals surface area contributed by atoms with Gasteiger partial charge in [0, 0.05) is 10.9 Å². The Morgan fingerprint density at radius 3 is 2.58 bits per heavy atom. The Morgan fingerprint density at radius 2 is 2.05 bits per heavy atom. The summed E-state index contributed by atoms with van der Waals surface area (Å²) in [7, 11) is 1.59. The molecule has 1 atom stereocenters. The molecule has 0 aliphatic heterocycles. The number of carbonyl (C=O) groups excluding carboxylic acids is 1. The van der Waals surface area contributed by atoms with Gasteiger partial charge in [-0.25, -0.2) is 0 Å². The van der Waals surface area contributed by atoms with Crippen LogP contribution >= 0.6 is 15.9 Å². The molecule has 1 unspecified atom stereocenters. The molecule has 0 amide bonds. The summed E-state index contributed by atoms with van der Waals surface area (Å²) in [6.07, 6.45) is 0.373. The average molecular weight is 330 g/mol. The summed E-state index contributed by atoms with van der Waals surface area (Å²) >= 11 is 3.39.